The van der Waals surface area contributed by atoms with Gasteiger partial charge in [-0.05, 0) is 18.9 Å². The van der Waals surface area contributed by atoms with Crippen LogP contribution in [0.3, 0.4) is 0 Å². The number of halogens is 1. The van der Waals surface area contributed by atoms with Crippen LogP contribution < -0.4 is 5.32 Å². The number of nitrogens with zero attached hydrogens (tertiary/aromatic N) is 2. The van der Waals surface area contributed by atoms with Crippen LogP contribution in [0.1, 0.15) is 30.3 Å². The molecule has 0 aromatic carbocycles. The number of aryl methyl sites for hydroxylation is 1. The largest absolute Gasteiger partial charge is 0.351 e. The minimum atomic E-state index is -0.0641. The van der Waals surface area contributed by atoms with E-state index in [4.69, 9.17) is 0 Å². The lowest BCUT2D eigenvalue weighted by Gasteiger charge is -2.08. The van der Waals surface area contributed by atoms with Gasteiger partial charge in [0.25, 0.3) is 5.91 Å². The maximum absolute atomic E-state index is 11.6. The van der Waals surface area contributed by atoms with Crippen molar-refractivity contribution in [3.63, 3.8) is 0 Å². The first kappa shape index (κ1) is 12.2. The number of hydrogen-bond acceptors (Lipinski definition) is 2. The summed E-state index contributed by atoms with van der Waals surface area (Å²) >= 11 is 3.52. The zero-order valence-corrected chi connectivity index (χ0v) is 10.6. The van der Waals surface area contributed by atoms with Gasteiger partial charge in [-0.1, -0.05) is 22.9 Å². The Balaban J connectivity index is 2.34. The van der Waals surface area contributed by atoms with Crippen molar-refractivity contribution in [1.29, 1.82) is 0 Å². The molecule has 1 rings (SSSR count). The van der Waals surface area contributed by atoms with Crippen molar-refractivity contribution in [3.8, 4) is 0 Å². The first-order chi connectivity index (χ1) is 7.15. The van der Waals surface area contributed by atoms with Gasteiger partial charge >= 0.3 is 0 Å². The van der Waals surface area contributed by atoms with Crippen molar-refractivity contribution in [1.82, 2.24) is 15.1 Å². The highest BCUT2D eigenvalue weighted by Gasteiger charge is 2.09. The predicted octanol–water partition coefficient (Wildman–Crippen LogP) is 1.71. The quantitative estimate of drug-likeness (QED) is 0.831. The standard InChI is InChI=1S/C10H16BrN3O/c1-3-8(11)4-6-12-10(15)9-5-7-13-14(9)2/h5,7-8H,3-4,6H2,1-2H3,(H,12,15). The number of hydrogen-bond donors (Lipinski definition) is 1. The Kier molecular flexibility index (Phi) is 4.81. The molecule has 1 aromatic rings. The Morgan fingerprint density at radius 2 is 2.47 bits per heavy atom. The third-order valence-corrected chi connectivity index (χ3v) is 3.34. The summed E-state index contributed by atoms with van der Waals surface area (Å²) in [6.07, 6.45) is 3.63. The molecule has 1 atom stereocenters. The van der Waals surface area contributed by atoms with E-state index < -0.39 is 0 Å². The molecule has 5 heteroatoms. The first-order valence-electron chi connectivity index (χ1n) is 5.05. The van der Waals surface area contributed by atoms with Gasteiger partial charge in [0.15, 0.2) is 0 Å². The summed E-state index contributed by atoms with van der Waals surface area (Å²) in [6, 6.07) is 1.71. The SMILES string of the molecule is CCC(Br)CCNC(=O)c1ccnn1C. The zero-order chi connectivity index (χ0) is 11.3. The third-order valence-electron chi connectivity index (χ3n) is 2.24. The maximum Gasteiger partial charge on any atom is 0.269 e. The molecule has 0 aliphatic heterocycles. The van der Waals surface area contributed by atoms with E-state index in [0.29, 0.717) is 17.1 Å². The molecule has 15 heavy (non-hydrogen) atoms. The van der Waals surface area contributed by atoms with Gasteiger partial charge in [-0.3, -0.25) is 9.48 Å². The van der Waals surface area contributed by atoms with E-state index in [1.165, 1.54) is 0 Å². The molecule has 0 aliphatic rings. The molecular formula is C10H16BrN3O. The lowest BCUT2D eigenvalue weighted by Crippen LogP contribution is -2.27. The van der Waals surface area contributed by atoms with Crippen LogP contribution in [-0.4, -0.2) is 27.1 Å². The highest BCUT2D eigenvalue weighted by Crippen LogP contribution is 2.07. The van der Waals surface area contributed by atoms with Crippen molar-refractivity contribution < 1.29 is 4.79 Å². The second-order valence-electron chi connectivity index (χ2n) is 3.39. The molecule has 1 N–H and O–H groups in total. The minimum Gasteiger partial charge on any atom is -0.351 e. The zero-order valence-electron chi connectivity index (χ0n) is 9.03. The molecule has 1 unspecified atom stereocenters. The van der Waals surface area contributed by atoms with E-state index in [2.05, 4.69) is 33.3 Å². The summed E-state index contributed by atoms with van der Waals surface area (Å²) in [5, 5.41) is 6.80. The fourth-order valence-electron chi connectivity index (χ4n) is 1.23. The minimum absolute atomic E-state index is 0.0641. The van der Waals surface area contributed by atoms with Crippen molar-refractivity contribution in [2.24, 2.45) is 7.05 Å². The molecule has 0 saturated heterocycles. The first-order valence-corrected chi connectivity index (χ1v) is 5.97. The lowest BCUT2D eigenvalue weighted by atomic mass is 10.2. The van der Waals surface area contributed by atoms with Gasteiger partial charge in [0, 0.05) is 24.6 Å². The molecule has 4 nitrogen and oxygen atoms in total. The molecule has 0 radical (unpaired) electrons. The smallest absolute Gasteiger partial charge is 0.269 e. The van der Waals surface area contributed by atoms with Crippen LogP contribution in [0.5, 0.6) is 0 Å². The number of nitrogens with one attached hydrogen (secondary N) is 1. The van der Waals surface area contributed by atoms with Crippen LogP contribution in [0.2, 0.25) is 0 Å². The van der Waals surface area contributed by atoms with Crippen LogP contribution >= 0.6 is 15.9 Å². The molecule has 0 aliphatic carbocycles. The van der Waals surface area contributed by atoms with Crippen molar-refractivity contribution >= 4 is 21.8 Å². The predicted molar refractivity (Wildman–Crippen MR) is 63.2 cm³/mol. The lowest BCUT2D eigenvalue weighted by molar-refractivity contribution is 0.0944. The van der Waals surface area contributed by atoms with E-state index in [0.717, 1.165) is 12.8 Å². The monoisotopic (exact) mass is 273 g/mol. The van der Waals surface area contributed by atoms with E-state index >= 15 is 0 Å². The normalized spacial score (nSPS) is 12.5. The highest BCUT2D eigenvalue weighted by atomic mass is 79.9. The Morgan fingerprint density at radius 1 is 1.73 bits per heavy atom. The average Bonchev–Trinajstić information content (AvgIpc) is 2.64. The number of amides is 1. The molecule has 1 amide bonds. The van der Waals surface area contributed by atoms with Gasteiger partial charge in [0.05, 0.1) is 0 Å². The number of carbonyl (C=O) groups is 1. The number of rotatable bonds is 5. The molecule has 1 heterocycles. The second kappa shape index (κ2) is 5.90. The summed E-state index contributed by atoms with van der Waals surface area (Å²) in [4.78, 5) is 12.1. The van der Waals surface area contributed by atoms with Crippen LogP contribution in [0.4, 0.5) is 0 Å². The van der Waals surface area contributed by atoms with Gasteiger partial charge in [-0.2, -0.15) is 5.10 Å². The maximum atomic E-state index is 11.6. The Morgan fingerprint density at radius 3 is 3.00 bits per heavy atom. The van der Waals surface area contributed by atoms with Gasteiger partial charge < -0.3 is 5.32 Å². The van der Waals surface area contributed by atoms with Gasteiger partial charge in [-0.15, -0.1) is 0 Å². The molecule has 84 valence electrons. The van der Waals surface area contributed by atoms with E-state index in [1.54, 1.807) is 24.0 Å². The van der Waals surface area contributed by atoms with Crippen LogP contribution in [0.25, 0.3) is 0 Å². The van der Waals surface area contributed by atoms with E-state index in [1.807, 2.05) is 0 Å². The molecular weight excluding hydrogens is 258 g/mol. The Bertz CT molecular complexity index is 324. The fourth-order valence-corrected chi connectivity index (χ4v) is 1.46. The molecule has 0 fully saturated rings. The van der Waals surface area contributed by atoms with Gasteiger partial charge in [-0.25, -0.2) is 0 Å². The van der Waals surface area contributed by atoms with Crippen molar-refractivity contribution in [2.75, 3.05) is 6.54 Å². The van der Waals surface area contributed by atoms with Crippen LogP contribution in [0.15, 0.2) is 12.3 Å². The van der Waals surface area contributed by atoms with Crippen LogP contribution in [0, 0.1) is 0 Å². The second-order valence-corrected chi connectivity index (χ2v) is 4.69. The topological polar surface area (TPSA) is 46.9 Å². The van der Waals surface area contributed by atoms with Crippen molar-refractivity contribution in [3.05, 3.63) is 18.0 Å². The molecule has 0 spiro atoms. The van der Waals surface area contributed by atoms with Gasteiger partial charge in [0.1, 0.15) is 5.69 Å². The summed E-state index contributed by atoms with van der Waals surface area (Å²) < 4.78 is 1.57. The van der Waals surface area contributed by atoms with E-state index in [-0.39, 0.29) is 5.91 Å². The number of alkyl halides is 1. The number of carbonyl (C=O) groups excluding carboxylic acids is 1. The highest BCUT2D eigenvalue weighted by molar-refractivity contribution is 9.09. The molecule has 0 bridgehead atoms. The van der Waals surface area contributed by atoms with Crippen LogP contribution in [-0.2, 0) is 7.05 Å². The van der Waals surface area contributed by atoms with Gasteiger partial charge in [0.2, 0.25) is 0 Å². The number of aromatic nitrogens is 2. The Labute approximate surface area is 98.2 Å². The third kappa shape index (κ3) is 3.66. The average molecular weight is 274 g/mol. The van der Waals surface area contributed by atoms with E-state index in [9.17, 15) is 4.79 Å². The summed E-state index contributed by atoms with van der Waals surface area (Å²) in [5.41, 5.74) is 0.595. The summed E-state index contributed by atoms with van der Waals surface area (Å²) in [5.74, 6) is -0.0641. The Hall–Kier alpha value is -0.840. The fraction of sp³-hybridized carbons (Fsp3) is 0.600. The summed E-state index contributed by atoms with van der Waals surface area (Å²) in [6.45, 7) is 2.80. The molecule has 0 saturated carbocycles. The molecule has 1 aromatic heterocycles. The van der Waals surface area contributed by atoms with Crippen molar-refractivity contribution in [2.45, 2.75) is 24.6 Å². The summed E-state index contributed by atoms with van der Waals surface area (Å²) in [7, 11) is 1.76.